The van der Waals surface area contributed by atoms with Gasteiger partial charge in [0.05, 0.1) is 6.61 Å². The first-order chi connectivity index (χ1) is 7.19. The molecular weight excluding hydrogens is 303 g/mol. The number of carbonyl (C=O) groups excluding carboxylic acids is 1. The molecule has 11 heteroatoms. The van der Waals surface area contributed by atoms with Gasteiger partial charge in [0.15, 0.2) is 6.29 Å². The molecule has 104 valence electrons. The van der Waals surface area contributed by atoms with Crippen molar-refractivity contribution in [1.82, 2.24) is 0 Å². The van der Waals surface area contributed by atoms with Crippen LogP contribution in [-0.2, 0) is 31.0 Å². The molecule has 0 aliphatic carbocycles. The van der Waals surface area contributed by atoms with Crippen LogP contribution in [0, 0.1) is 0 Å². The molecule has 0 aromatic carbocycles. The Balaban J connectivity index is 0. The summed E-state index contributed by atoms with van der Waals surface area (Å²) in [5.74, 6) is 0. The van der Waals surface area contributed by atoms with Gasteiger partial charge >= 0.3 is 7.82 Å². The van der Waals surface area contributed by atoms with Crippen LogP contribution < -0.4 is 0 Å². The fourth-order valence-corrected chi connectivity index (χ4v) is 1.13. The van der Waals surface area contributed by atoms with Crippen molar-refractivity contribution in [1.29, 1.82) is 0 Å². The van der Waals surface area contributed by atoms with Crippen LogP contribution >= 0.6 is 7.82 Å². The summed E-state index contributed by atoms with van der Waals surface area (Å²) in [4.78, 5) is 26.6. The minimum absolute atomic E-state index is 0. The average molecular weight is 316 g/mol. The van der Waals surface area contributed by atoms with Gasteiger partial charge in [-0.2, -0.15) is 0 Å². The summed E-state index contributed by atoms with van der Waals surface area (Å²) >= 11 is 0. The number of phosphoric ester groups is 1. The summed E-state index contributed by atoms with van der Waals surface area (Å²) < 4.78 is 14.1. The summed E-state index contributed by atoms with van der Waals surface area (Å²) in [6, 6.07) is 0. The molecule has 0 aromatic heterocycles. The first-order valence-electron chi connectivity index (χ1n) is 4.06. The quantitative estimate of drug-likeness (QED) is 0.161. The second-order valence-electron chi connectivity index (χ2n) is 2.96. The van der Waals surface area contributed by atoms with Gasteiger partial charge in [-0.05, 0) is 0 Å². The van der Waals surface area contributed by atoms with E-state index in [0.717, 1.165) is 0 Å². The van der Waals surface area contributed by atoms with Crippen LogP contribution in [0.2, 0.25) is 0 Å². The number of aliphatic hydroxyl groups excluding tert-OH is 4. The zero-order valence-electron chi connectivity index (χ0n) is 8.30. The molecule has 0 rings (SSSR count). The summed E-state index contributed by atoms with van der Waals surface area (Å²) in [5, 5.41) is 36.1. The number of phosphoric acid groups is 1. The maximum atomic E-state index is 10.2. The van der Waals surface area contributed by atoms with Crippen molar-refractivity contribution < 1.29 is 61.2 Å². The minimum Gasteiger partial charge on any atom is -0.388 e. The molecule has 0 amide bonds. The van der Waals surface area contributed by atoms with Crippen molar-refractivity contribution in [3.63, 3.8) is 0 Å². The predicted octanol–water partition coefficient (Wildman–Crippen LogP) is -3.26. The van der Waals surface area contributed by atoms with Crippen molar-refractivity contribution in [3.05, 3.63) is 0 Å². The molecule has 6 N–H and O–H groups in total. The van der Waals surface area contributed by atoms with Gasteiger partial charge in [-0.1, -0.05) is 0 Å². The summed E-state index contributed by atoms with van der Waals surface area (Å²) in [7, 11) is -4.80. The third-order valence-electron chi connectivity index (χ3n) is 1.65. The van der Waals surface area contributed by atoms with E-state index in [2.05, 4.69) is 4.52 Å². The van der Waals surface area contributed by atoms with Crippen LogP contribution in [0.4, 0.5) is 0 Å². The molecule has 0 heterocycles. The van der Waals surface area contributed by atoms with Gasteiger partial charge in [0, 0.05) is 17.1 Å². The Morgan fingerprint density at radius 2 is 1.59 bits per heavy atom. The van der Waals surface area contributed by atoms with Crippen LogP contribution in [0.5, 0.6) is 0 Å². The normalized spacial score (nSPS) is 18.7. The molecule has 0 spiro atoms. The van der Waals surface area contributed by atoms with E-state index < -0.39 is 38.8 Å². The van der Waals surface area contributed by atoms with Gasteiger partial charge in [-0.25, -0.2) is 4.57 Å². The van der Waals surface area contributed by atoms with Crippen LogP contribution in [0.15, 0.2) is 0 Å². The molecule has 0 aromatic rings. The minimum atomic E-state index is -4.80. The zero-order chi connectivity index (χ0) is 12.9. The molecule has 17 heavy (non-hydrogen) atoms. The van der Waals surface area contributed by atoms with Crippen molar-refractivity contribution in [2.45, 2.75) is 24.4 Å². The van der Waals surface area contributed by atoms with E-state index in [1.165, 1.54) is 0 Å². The van der Waals surface area contributed by atoms with Gasteiger partial charge in [0.2, 0.25) is 0 Å². The number of carbonyl (C=O) groups is 1. The molecule has 0 fully saturated rings. The summed E-state index contributed by atoms with van der Waals surface area (Å²) in [6.07, 6.45) is -7.80. The third-order valence-corrected chi connectivity index (χ3v) is 2.13. The second-order valence-corrected chi connectivity index (χ2v) is 4.20. The Labute approximate surface area is 107 Å². The Hall–Kier alpha value is 0.139. The topological polar surface area (TPSA) is 165 Å². The molecule has 0 saturated carbocycles. The molecule has 9 nitrogen and oxygen atoms in total. The van der Waals surface area contributed by atoms with E-state index >= 15 is 0 Å². The van der Waals surface area contributed by atoms with Crippen molar-refractivity contribution in [2.24, 2.45) is 0 Å². The zero-order valence-corrected chi connectivity index (χ0v) is 10.3. The number of aldehydes is 1. The maximum absolute atomic E-state index is 10.2. The first-order valence-corrected chi connectivity index (χ1v) is 5.59. The van der Waals surface area contributed by atoms with E-state index in [4.69, 9.17) is 30.2 Å². The molecule has 0 radical (unpaired) electrons. The number of rotatable bonds is 7. The molecule has 4 atom stereocenters. The standard InChI is InChI=1S/C6H13O9P.Fe/c7-1-3(8)5(10)6(11)4(9)2-15-16(12,13)14;/h1,3-6,8-11H,2H2,(H2,12,13,14);/t3-,4+,5+,6+;/m0./s1. The van der Waals surface area contributed by atoms with Crippen LogP contribution in [0.25, 0.3) is 0 Å². The van der Waals surface area contributed by atoms with Gasteiger partial charge in [-0.3, -0.25) is 4.52 Å². The van der Waals surface area contributed by atoms with Crippen molar-refractivity contribution in [2.75, 3.05) is 6.61 Å². The van der Waals surface area contributed by atoms with Crippen molar-refractivity contribution in [3.8, 4) is 0 Å². The number of hydrogen-bond donors (Lipinski definition) is 6. The summed E-state index contributed by atoms with van der Waals surface area (Å²) in [6.45, 7) is -0.964. The monoisotopic (exact) mass is 316 g/mol. The molecule has 0 saturated heterocycles. The smallest absolute Gasteiger partial charge is 0.388 e. The van der Waals surface area contributed by atoms with Crippen molar-refractivity contribution >= 4 is 14.1 Å². The first kappa shape index (κ1) is 19.5. The second kappa shape index (κ2) is 8.28. The Kier molecular flexibility index (Phi) is 9.48. The SMILES string of the molecule is O=C[C@H](O)[C@@H](O)[C@H](O)[C@H](O)COP(=O)(O)O.[Fe]. The number of aliphatic hydroxyl groups is 4. The maximum Gasteiger partial charge on any atom is 0.469 e. The van der Waals surface area contributed by atoms with Crippen LogP contribution in [-0.4, -0.2) is 67.5 Å². The Morgan fingerprint density at radius 3 is 1.94 bits per heavy atom. The van der Waals surface area contributed by atoms with E-state index in [-0.39, 0.29) is 23.4 Å². The Bertz CT molecular complexity index is 268. The van der Waals surface area contributed by atoms with Gasteiger partial charge < -0.3 is 35.0 Å². The van der Waals surface area contributed by atoms with Crippen LogP contribution in [0.3, 0.4) is 0 Å². The Morgan fingerprint density at radius 1 is 1.12 bits per heavy atom. The summed E-state index contributed by atoms with van der Waals surface area (Å²) in [5.41, 5.74) is 0. The third kappa shape index (κ3) is 7.96. The van der Waals surface area contributed by atoms with Crippen LogP contribution in [0.1, 0.15) is 0 Å². The van der Waals surface area contributed by atoms with E-state index in [0.29, 0.717) is 0 Å². The predicted molar refractivity (Wildman–Crippen MR) is 48.1 cm³/mol. The van der Waals surface area contributed by atoms with E-state index in [1.54, 1.807) is 0 Å². The van der Waals surface area contributed by atoms with E-state index in [9.17, 15) is 9.36 Å². The molecule has 0 unspecified atom stereocenters. The van der Waals surface area contributed by atoms with Gasteiger partial charge in [0.25, 0.3) is 0 Å². The van der Waals surface area contributed by atoms with Gasteiger partial charge in [0.1, 0.15) is 24.4 Å². The molecule has 0 aliphatic heterocycles. The molecule has 0 aliphatic rings. The number of hydrogen-bond acceptors (Lipinski definition) is 7. The molecular formula is C6H13FeO9P. The largest absolute Gasteiger partial charge is 0.469 e. The fourth-order valence-electron chi connectivity index (χ4n) is 0.782. The average Bonchev–Trinajstić information content (AvgIpc) is 2.21. The van der Waals surface area contributed by atoms with E-state index in [1.807, 2.05) is 0 Å². The fraction of sp³-hybridized carbons (Fsp3) is 0.833. The molecule has 0 bridgehead atoms. The van der Waals surface area contributed by atoms with Gasteiger partial charge in [-0.15, -0.1) is 0 Å².